The largest absolute Gasteiger partial charge is 0.497 e. The number of anilines is 1. The molecule has 0 saturated carbocycles. The Labute approximate surface area is 155 Å². The molecule has 0 saturated heterocycles. The number of rotatable bonds is 6. The van der Waals surface area contributed by atoms with Gasteiger partial charge in [0.25, 0.3) is 10.0 Å². The average molecular weight is 391 g/mol. The van der Waals surface area contributed by atoms with Gasteiger partial charge in [0, 0.05) is 6.07 Å². The first-order chi connectivity index (χ1) is 12.9. The minimum atomic E-state index is -3.91. The predicted octanol–water partition coefficient (Wildman–Crippen LogP) is 4.57. The fourth-order valence-electron chi connectivity index (χ4n) is 2.27. The van der Waals surface area contributed by atoms with Crippen molar-refractivity contribution in [1.29, 1.82) is 0 Å². The first kappa shape index (κ1) is 18.7. The highest BCUT2D eigenvalue weighted by atomic mass is 32.2. The van der Waals surface area contributed by atoms with Gasteiger partial charge < -0.3 is 9.47 Å². The van der Waals surface area contributed by atoms with Crippen molar-refractivity contribution in [3.63, 3.8) is 0 Å². The Balaban J connectivity index is 1.89. The zero-order chi connectivity index (χ0) is 19.4. The third kappa shape index (κ3) is 4.35. The lowest BCUT2D eigenvalue weighted by Gasteiger charge is -2.14. The fourth-order valence-corrected chi connectivity index (χ4v) is 3.35. The summed E-state index contributed by atoms with van der Waals surface area (Å²) in [5, 5.41) is 0. The van der Waals surface area contributed by atoms with Gasteiger partial charge in [-0.15, -0.1) is 0 Å². The molecule has 0 aliphatic heterocycles. The van der Waals surface area contributed by atoms with Crippen LogP contribution in [0.25, 0.3) is 0 Å². The number of methoxy groups -OCH3 is 1. The van der Waals surface area contributed by atoms with E-state index >= 15 is 0 Å². The van der Waals surface area contributed by atoms with Crippen molar-refractivity contribution < 1.29 is 26.7 Å². The molecule has 0 aliphatic carbocycles. The van der Waals surface area contributed by atoms with E-state index in [4.69, 9.17) is 9.47 Å². The molecule has 27 heavy (non-hydrogen) atoms. The van der Waals surface area contributed by atoms with E-state index in [0.717, 1.165) is 12.1 Å². The number of para-hydroxylation sites is 2. The topological polar surface area (TPSA) is 64.6 Å². The fraction of sp³-hybridized carbons (Fsp3) is 0.0526. The molecule has 0 unspecified atom stereocenters. The van der Waals surface area contributed by atoms with Gasteiger partial charge in [-0.1, -0.05) is 12.1 Å². The van der Waals surface area contributed by atoms with E-state index in [1.165, 1.54) is 43.5 Å². The van der Waals surface area contributed by atoms with Crippen molar-refractivity contribution in [1.82, 2.24) is 0 Å². The van der Waals surface area contributed by atoms with Gasteiger partial charge >= 0.3 is 0 Å². The number of sulfonamides is 1. The monoisotopic (exact) mass is 391 g/mol. The molecule has 0 heterocycles. The average Bonchev–Trinajstić information content (AvgIpc) is 2.65. The van der Waals surface area contributed by atoms with E-state index in [9.17, 15) is 17.2 Å². The number of hydrogen-bond acceptors (Lipinski definition) is 4. The minimum Gasteiger partial charge on any atom is -0.497 e. The molecule has 0 atom stereocenters. The van der Waals surface area contributed by atoms with Gasteiger partial charge in [-0.3, -0.25) is 4.72 Å². The highest BCUT2D eigenvalue weighted by Gasteiger charge is 2.17. The van der Waals surface area contributed by atoms with E-state index in [-0.39, 0.29) is 22.1 Å². The summed E-state index contributed by atoms with van der Waals surface area (Å²) >= 11 is 0. The van der Waals surface area contributed by atoms with Crippen molar-refractivity contribution in [2.75, 3.05) is 11.8 Å². The zero-order valence-electron chi connectivity index (χ0n) is 14.1. The highest BCUT2D eigenvalue weighted by Crippen LogP contribution is 2.32. The smallest absolute Gasteiger partial charge is 0.262 e. The van der Waals surface area contributed by atoms with Gasteiger partial charge in [0.2, 0.25) is 0 Å². The van der Waals surface area contributed by atoms with Crippen molar-refractivity contribution in [3.8, 4) is 17.2 Å². The minimum absolute atomic E-state index is 0.0195. The molecule has 0 bridgehead atoms. The van der Waals surface area contributed by atoms with Gasteiger partial charge in [0.1, 0.15) is 11.6 Å². The second-order valence-electron chi connectivity index (χ2n) is 5.45. The van der Waals surface area contributed by atoms with Gasteiger partial charge in [-0.2, -0.15) is 0 Å². The van der Waals surface area contributed by atoms with Crippen LogP contribution in [0, 0.1) is 11.6 Å². The van der Waals surface area contributed by atoms with E-state index in [0.29, 0.717) is 11.8 Å². The van der Waals surface area contributed by atoms with Crippen molar-refractivity contribution in [3.05, 3.63) is 78.4 Å². The standard InChI is InChI=1S/C19H15F2NO4S/c1-25-14-7-9-15(10-8-14)27(23,24)22-17-4-2-3-5-19(17)26-18-11-6-13(20)12-16(18)21/h2-12,22H,1H3. The van der Waals surface area contributed by atoms with Crippen molar-refractivity contribution >= 4 is 15.7 Å². The molecule has 8 heteroatoms. The quantitative estimate of drug-likeness (QED) is 0.669. The molecule has 3 rings (SSSR count). The van der Waals surface area contributed by atoms with Gasteiger partial charge in [-0.25, -0.2) is 17.2 Å². The Morgan fingerprint density at radius 3 is 2.26 bits per heavy atom. The Bertz CT molecular complexity index is 1050. The lowest BCUT2D eigenvalue weighted by atomic mass is 10.3. The maximum atomic E-state index is 13.8. The Morgan fingerprint density at radius 2 is 1.59 bits per heavy atom. The number of nitrogens with one attached hydrogen (secondary N) is 1. The number of ether oxygens (including phenoxy) is 2. The summed E-state index contributed by atoms with van der Waals surface area (Å²) in [6.07, 6.45) is 0. The second kappa shape index (κ2) is 7.63. The highest BCUT2D eigenvalue weighted by molar-refractivity contribution is 7.92. The van der Waals surface area contributed by atoms with Crippen LogP contribution in [0.4, 0.5) is 14.5 Å². The first-order valence-electron chi connectivity index (χ1n) is 7.78. The second-order valence-corrected chi connectivity index (χ2v) is 7.14. The summed E-state index contributed by atoms with van der Waals surface area (Å²) in [6, 6.07) is 14.8. The van der Waals surface area contributed by atoms with Crippen LogP contribution in [0.2, 0.25) is 0 Å². The Kier molecular flexibility index (Phi) is 5.27. The van der Waals surface area contributed by atoms with Crippen LogP contribution in [-0.4, -0.2) is 15.5 Å². The van der Waals surface area contributed by atoms with Crippen molar-refractivity contribution in [2.24, 2.45) is 0 Å². The van der Waals surface area contributed by atoms with Crippen molar-refractivity contribution in [2.45, 2.75) is 4.90 Å². The third-order valence-corrected chi connectivity index (χ3v) is 5.00. The molecule has 0 aliphatic rings. The molecular weight excluding hydrogens is 376 g/mol. The van der Waals surface area contributed by atoms with Crippen LogP contribution in [0.15, 0.2) is 71.6 Å². The van der Waals surface area contributed by atoms with Crippen LogP contribution in [0.5, 0.6) is 17.2 Å². The summed E-state index contributed by atoms with van der Waals surface area (Å²) in [6.45, 7) is 0. The Morgan fingerprint density at radius 1 is 0.889 bits per heavy atom. The van der Waals surface area contributed by atoms with Crippen LogP contribution in [0.3, 0.4) is 0 Å². The molecule has 0 fully saturated rings. The Hall–Kier alpha value is -3.13. The predicted molar refractivity (Wildman–Crippen MR) is 96.7 cm³/mol. The third-order valence-electron chi connectivity index (χ3n) is 3.61. The molecule has 3 aromatic carbocycles. The van der Waals surface area contributed by atoms with Gasteiger partial charge in [0.05, 0.1) is 17.7 Å². The molecule has 5 nitrogen and oxygen atoms in total. The summed E-state index contributed by atoms with van der Waals surface area (Å²) in [5.74, 6) is -1.28. The summed E-state index contributed by atoms with van der Waals surface area (Å²) in [7, 11) is -2.43. The molecule has 1 N–H and O–H groups in total. The molecule has 140 valence electrons. The van der Waals surface area contributed by atoms with Crippen LogP contribution < -0.4 is 14.2 Å². The SMILES string of the molecule is COc1ccc(S(=O)(=O)Nc2ccccc2Oc2ccc(F)cc2F)cc1. The van der Waals surface area contributed by atoms with Crippen LogP contribution >= 0.6 is 0 Å². The maximum absolute atomic E-state index is 13.8. The summed E-state index contributed by atoms with van der Waals surface area (Å²) < 4.78 is 64.9. The number of hydrogen-bond donors (Lipinski definition) is 1. The van der Waals surface area contributed by atoms with E-state index in [1.54, 1.807) is 12.1 Å². The molecule has 0 radical (unpaired) electrons. The van der Waals surface area contributed by atoms with Crippen LogP contribution in [-0.2, 0) is 10.0 Å². The maximum Gasteiger partial charge on any atom is 0.262 e. The van der Waals surface area contributed by atoms with E-state index < -0.39 is 21.7 Å². The molecular formula is C19H15F2NO4S. The molecule has 0 spiro atoms. The summed E-state index contributed by atoms with van der Waals surface area (Å²) in [5.41, 5.74) is 0.108. The summed E-state index contributed by atoms with van der Waals surface area (Å²) in [4.78, 5) is 0.0195. The van der Waals surface area contributed by atoms with Gasteiger partial charge in [-0.05, 0) is 48.5 Å². The van der Waals surface area contributed by atoms with E-state index in [1.807, 2.05) is 0 Å². The van der Waals surface area contributed by atoms with E-state index in [2.05, 4.69) is 4.72 Å². The van der Waals surface area contributed by atoms with Gasteiger partial charge in [0.15, 0.2) is 17.3 Å². The number of halogens is 2. The normalized spacial score (nSPS) is 11.1. The number of benzene rings is 3. The zero-order valence-corrected chi connectivity index (χ0v) is 15.0. The molecule has 0 amide bonds. The molecule has 0 aromatic heterocycles. The molecule has 3 aromatic rings. The van der Waals surface area contributed by atoms with Crippen LogP contribution in [0.1, 0.15) is 0 Å². The lowest BCUT2D eigenvalue weighted by molar-refractivity contribution is 0.414. The first-order valence-corrected chi connectivity index (χ1v) is 9.26. The lowest BCUT2D eigenvalue weighted by Crippen LogP contribution is -2.13.